The van der Waals surface area contributed by atoms with Crippen LogP contribution in [0.15, 0.2) is 12.4 Å². The fourth-order valence-corrected chi connectivity index (χ4v) is 1.67. The van der Waals surface area contributed by atoms with E-state index in [1.165, 1.54) is 0 Å². The highest BCUT2D eigenvalue weighted by molar-refractivity contribution is 5.34. The van der Waals surface area contributed by atoms with Crippen LogP contribution in [-0.2, 0) is 10.9 Å². The minimum absolute atomic E-state index is 0.0202. The van der Waals surface area contributed by atoms with Crippen molar-refractivity contribution in [1.29, 1.82) is 0 Å². The second kappa shape index (κ2) is 5.27. The van der Waals surface area contributed by atoms with Crippen LogP contribution >= 0.6 is 0 Å². The van der Waals surface area contributed by atoms with E-state index in [2.05, 4.69) is 15.3 Å². The smallest absolute Gasteiger partial charge is 0.388 e. The highest BCUT2D eigenvalue weighted by Crippen LogP contribution is 2.27. The second-order valence-corrected chi connectivity index (χ2v) is 4.13. The van der Waals surface area contributed by atoms with Crippen molar-refractivity contribution < 1.29 is 28.1 Å². The van der Waals surface area contributed by atoms with Crippen molar-refractivity contribution in [3.63, 3.8) is 0 Å². The third-order valence-electron chi connectivity index (χ3n) is 2.65. The Bertz CT molecular complexity index is 444. The molecule has 0 aliphatic carbocycles. The zero-order valence-corrected chi connectivity index (χ0v) is 9.63. The summed E-state index contributed by atoms with van der Waals surface area (Å²) in [7, 11) is 0. The Kier molecular flexibility index (Phi) is 3.88. The predicted molar refractivity (Wildman–Crippen MR) is 57.3 cm³/mol. The summed E-state index contributed by atoms with van der Waals surface area (Å²) in [6, 6.07) is -0.749. The Morgan fingerprint density at radius 1 is 1.26 bits per heavy atom. The van der Waals surface area contributed by atoms with Crippen LogP contribution in [-0.4, -0.2) is 51.6 Å². The molecular formula is C10H12F3N3O3. The van der Waals surface area contributed by atoms with Gasteiger partial charge in [-0.1, -0.05) is 0 Å². The first-order chi connectivity index (χ1) is 8.88. The summed E-state index contributed by atoms with van der Waals surface area (Å²) in [6.45, 7) is 0.0315. The highest BCUT2D eigenvalue weighted by Gasteiger charge is 2.34. The summed E-state index contributed by atoms with van der Waals surface area (Å²) >= 11 is 0. The Balaban J connectivity index is 2.11. The molecule has 1 fully saturated rings. The molecule has 1 aliphatic rings. The first kappa shape index (κ1) is 14.0. The minimum atomic E-state index is -4.59. The molecule has 2 heterocycles. The van der Waals surface area contributed by atoms with Gasteiger partial charge in [0.15, 0.2) is 5.69 Å². The second-order valence-electron chi connectivity index (χ2n) is 4.13. The van der Waals surface area contributed by atoms with Gasteiger partial charge in [-0.3, -0.25) is 4.98 Å². The van der Waals surface area contributed by atoms with Crippen molar-refractivity contribution in [3.8, 4) is 0 Å². The first-order valence-corrected chi connectivity index (χ1v) is 5.47. The third-order valence-corrected chi connectivity index (χ3v) is 2.65. The van der Waals surface area contributed by atoms with Crippen LogP contribution in [0.2, 0.25) is 0 Å². The van der Waals surface area contributed by atoms with E-state index < -0.39 is 30.1 Å². The molecule has 0 unspecified atom stereocenters. The molecule has 1 aliphatic heterocycles. The van der Waals surface area contributed by atoms with Gasteiger partial charge in [0.25, 0.3) is 0 Å². The lowest BCUT2D eigenvalue weighted by molar-refractivity contribution is -0.141. The summed E-state index contributed by atoms with van der Waals surface area (Å²) in [5, 5.41) is 21.6. The molecule has 106 valence electrons. The fraction of sp³-hybridized carbons (Fsp3) is 0.600. The van der Waals surface area contributed by atoms with Crippen LogP contribution in [0.3, 0.4) is 0 Å². The van der Waals surface area contributed by atoms with E-state index in [4.69, 9.17) is 4.74 Å². The molecule has 0 spiro atoms. The van der Waals surface area contributed by atoms with Crippen molar-refractivity contribution in [1.82, 2.24) is 9.97 Å². The summed E-state index contributed by atoms with van der Waals surface area (Å²) in [5.41, 5.74) is -1.13. The van der Waals surface area contributed by atoms with Crippen molar-refractivity contribution in [3.05, 3.63) is 18.1 Å². The lowest BCUT2D eigenvalue weighted by atomic mass is 10.0. The molecule has 19 heavy (non-hydrogen) atoms. The maximum Gasteiger partial charge on any atom is 0.434 e. The predicted octanol–water partition coefficient (Wildman–Crippen LogP) is 0.0279. The highest BCUT2D eigenvalue weighted by atomic mass is 19.4. The molecule has 9 heteroatoms. The van der Waals surface area contributed by atoms with E-state index >= 15 is 0 Å². The summed E-state index contributed by atoms with van der Waals surface area (Å²) in [6.07, 6.45) is -5.13. The fourth-order valence-electron chi connectivity index (χ4n) is 1.67. The van der Waals surface area contributed by atoms with Crippen molar-refractivity contribution in [2.75, 3.05) is 18.5 Å². The van der Waals surface area contributed by atoms with E-state index in [1.807, 2.05) is 0 Å². The number of alkyl halides is 3. The lowest BCUT2D eigenvalue weighted by Crippen LogP contribution is -2.51. The summed E-state index contributed by atoms with van der Waals surface area (Å²) in [4.78, 5) is 6.78. The normalized spacial score (nSPS) is 28.2. The van der Waals surface area contributed by atoms with Gasteiger partial charge in [-0.05, 0) is 0 Å². The monoisotopic (exact) mass is 279 g/mol. The van der Waals surface area contributed by atoms with E-state index in [0.717, 1.165) is 6.20 Å². The number of nitrogens with zero attached hydrogens (tertiary/aromatic N) is 2. The number of hydrogen-bond donors (Lipinski definition) is 3. The number of ether oxygens (including phenoxy) is 1. The molecule has 1 saturated heterocycles. The van der Waals surface area contributed by atoms with Gasteiger partial charge in [0, 0.05) is 0 Å². The number of aliphatic hydroxyl groups excluding tert-OH is 2. The molecule has 0 amide bonds. The Hall–Kier alpha value is -1.45. The number of hydrogen-bond acceptors (Lipinski definition) is 6. The molecule has 3 atom stereocenters. The van der Waals surface area contributed by atoms with Gasteiger partial charge >= 0.3 is 6.18 Å². The van der Waals surface area contributed by atoms with Crippen molar-refractivity contribution in [2.24, 2.45) is 0 Å². The van der Waals surface area contributed by atoms with Gasteiger partial charge in [0.2, 0.25) is 0 Å². The number of aromatic nitrogens is 2. The van der Waals surface area contributed by atoms with Crippen LogP contribution in [0.4, 0.5) is 19.0 Å². The Morgan fingerprint density at radius 2 is 2.00 bits per heavy atom. The topological polar surface area (TPSA) is 87.5 Å². The summed E-state index contributed by atoms with van der Waals surface area (Å²) < 4.78 is 42.3. The van der Waals surface area contributed by atoms with Gasteiger partial charge < -0.3 is 20.3 Å². The molecular weight excluding hydrogens is 267 g/mol. The molecule has 0 aromatic carbocycles. The van der Waals surface area contributed by atoms with Gasteiger partial charge in [-0.15, -0.1) is 0 Å². The van der Waals surface area contributed by atoms with Crippen molar-refractivity contribution >= 4 is 5.82 Å². The minimum Gasteiger partial charge on any atom is -0.388 e. The third kappa shape index (κ3) is 3.31. The van der Waals surface area contributed by atoms with Crippen LogP contribution in [0.1, 0.15) is 5.69 Å². The standard InChI is InChI=1S/C10H12F3N3O3/c11-10(12,13)7-1-14-2-8(16-7)15-5-3-19-4-6(17)9(5)18/h1-2,5-6,9,17-18H,3-4H2,(H,15,16)/t5-,6-,9+/m0/s1. The van der Waals surface area contributed by atoms with E-state index in [9.17, 15) is 23.4 Å². The van der Waals surface area contributed by atoms with Gasteiger partial charge in [-0.25, -0.2) is 4.98 Å². The van der Waals surface area contributed by atoms with Crippen LogP contribution in [0, 0.1) is 0 Å². The number of halogens is 3. The van der Waals surface area contributed by atoms with Gasteiger partial charge in [0.1, 0.15) is 18.0 Å². The number of nitrogens with one attached hydrogen (secondary N) is 1. The largest absolute Gasteiger partial charge is 0.434 e. The Labute approximate surface area is 106 Å². The van der Waals surface area contributed by atoms with Gasteiger partial charge in [-0.2, -0.15) is 13.2 Å². The molecule has 0 radical (unpaired) electrons. The maximum atomic E-state index is 12.4. The average molecular weight is 279 g/mol. The van der Waals surface area contributed by atoms with Crippen LogP contribution in [0.5, 0.6) is 0 Å². The number of aliphatic hydroxyl groups is 2. The first-order valence-electron chi connectivity index (χ1n) is 5.47. The molecule has 2 rings (SSSR count). The number of rotatable bonds is 2. The van der Waals surface area contributed by atoms with Crippen molar-refractivity contribution in [2.45, 2.75) is 24.4 Å². The molecule has 1 aromatic heterocycles. The Morgan fingerprint density at radius 3 is 2.68 bits per heavy atom. The van der Waals surface area contributed by atoms with E-state index in [-0.39, 0.29) is 19.0 Å². The summed E-state index contributed by atoms with van der Waals surface area (Å²) in [5.74, 6) is -0.142. The average Bonchev–Trinajstić information content (AvgIpc) is 2.34. The molecule has 0 saturated carbocycles. The maximum absolute atomic E-state index is 12.4. The van der Waals surface area contributed by atoms with E-state index in [1.54, 1.807) is 0 Å². The molecule has 6 nitrogen and oxygen atoms in total. The quantitative estimate of drug-likeness (QED) is 0.708. The molecule has 1 aromatic rings. The zero-order chi connectivity index (χ0) is 14.0. The number of anilines is 1. The van der Waals surface area contributed by atoms with E-state index in [0.29, 0.717) is 6.20 Å². The van der Waals surface area contributed by atoms with Gasteiger partial charge in [0.05, 0.1) is 31.6 Å². The lowest BCUT2D eigenvalue weighted by Gasteiger charge is -2.32. The molecule has 3 N–H and O–H groups in total. The molecule has 0 bridgehead atoms. The van der Waals surface area contributed by atoms with Crippen LogP contribution in [0.25, 0.3) is 0 Å². The van der Waals surface area contributed by atoms with Crippen LogP contribution < -0.4 is 5.32 Å². The SMILES string of the molecule is O[C@@H]1[C@@H](Nc2cncc(C(F)(F)F)n2)COC[C@@H]1O. The zero-order valence-electron chi connectivity index (χ0n) is 9.63.